The molecular formula is C12H13NO3. The molecule has 0 aliphatic heterocycles. The third kappa shape index (κ3) is 3.24. The molecule has 0 aliphatic carbocycles. The van der Waals surface area contributed by atoms with Gasteiger partial charge in [-0.15, -0.1) is 0 Å². The minimum absolute atomic E-state index is 0.249. The van der Waals surface area contributed by atoms with Gasteiger partial charge in [0.25, 0.3) is 0 Å². The number of benzene rings is 1. The molecule has 0 unspecified atom stereocenters. The molecule has 4 heteroatoms. The van der Waals surface area contributed by atoms with Crippen LogP contribution in [0.4, 0.5) is 0 Å². The molecule has 0 atom stereocenters. The fourth-order valence-corrected chi connectivity index (χ4v) is 1.15. The second kappa shape index (κ2) is 5.11. The van der Waals surface area contributed by atoms with E-state index < -0.39 is 11.9 Å². The predicted molar refractivity (Wildman–Crippen MR) is 60.1 cm³/mol. The number of aromatic carboxylic acids is 1. The normalized spacial score (nSPS) is 11.2. The minimum atomic E-state index is -0.949. The topological polar surface area (TPSA) is 80.4 Å². The number of carboxylic acid groups (broad SMARTS) is 1. The molecule has 0 heterocycles. The van der Waals surface area contributed by atoms with E-state index in [4.69, 9.17) is 10.8 Å². The van der Waals surface area contributed by atoms with Gasteiger partial charge in [-0.05, 0) is 31.0 Å². The highest BCUT2D eigenvalue weighted by Crippen LogP contribution is 2.06. The second-order valence-corrected chi connectivity index (χ2v) is 3.46. The third-order valence-electron chi connectivity index (χ3n) is 2.23. The van der Waals surface area contributed by atoms with Gasteiger partial charge in [-0.1, -0.05) is 18.2 Å². The number of primary amides is 1. The lowest BCUT2D eigenvalue weighted by Crippen LogP contribution is -2.11. The molecule has 0 aliphatic rings. The van der Waals surface area contributed by atoms with Gasteiger partial charge in [0.1, 0.15) is 0 Å². The number of nitrogens with two attached hydrogens (primary N) is 1. The first-order valence-corrected chi connectivity index (χ1v) is 4.79. The van der Waals surface area contributed by atoms with Gasteiger partial charge in [0, 0.05) is 5.57 Å². The van der Waals surface area contributed by atoms with Crippen LogP contribution in [0.25, 0.3) is 0 Å². The molecular weight excluding hydrogens is 206 g/mol. The largest absolute Gasteiger partial charge is 0.478 e. The van der Waals surface area contributed by atoms with Crippen molar-refractivity contribution in [3.63, 3.8) is 0 Å². The smallest absolute Gasteiger partial charge is 0.335 e. The van der Waals surface area contributed by atoms with Crippen molar-refractivity contribution in [2.45, 2.75) is 13.3 Å². The van der Waals surface area contributed by atoms with E-state index in [1.807, 2.05) is 0 Å². The first-order valence-electron chi connectivity index (χ1n) is 4.79. The van der Waals surface area contributed by atoms with Crippen molar-refractivity contribution in [2.24, 2.45) is 5.73 Å². The van der Waals surface area contributed by atoms with Gasteiger partial charge in [-0.3, -0.25) is 4.79 Å². The Hall–Kier alpha value is -2.10. The lowest BCUT2D eigenvalue weighted by atomic mass is 10.1. The van der Waals surface area contributed by atoms with Gasteiger partial charge in [0.15, 0.2) is 0 Å². The first kappa shape index (κ1) is 12.0. The number of carbonyl (C=O) groups is 2. The van der Waals surface area contributed by atoms with Crippen LogP contribution in [0.5, 0.6) is 0 Å². The highest BCUT2D eigenvalue weighted by Gasteiger charge is 2.01. The Balaban J connectivity index is 2.73. The monoisotopic (exact) mass is 219 g/mol. The molecule has 0 bridgehead atoms. The van der Waals surface area contributed by atoms with E-state index in [2.05, 4.69) is 0 Å². The second-order valence-electron chi connectivity index (χ2n) is 3.46. The molecule has 0 radical (unpaired) electrons. The van der Waals surface area contributed by atoms with Crippen LogP contribution in [0.3, 0.4) is 0 Å². The lowest BCUT2D eigenvalue weighted by Gasteiger charge is -1.99. The van der Waals surface area contributed by atoms with E-state index in [0.29, 0.717) is 12.0 Å². The number of carbonyl (C=O) groups excluding carboxylic acids is 1. The molecule has 0 spiro atoms. The Morgan fingerprint density at radius 3 is 2.31 bits per heavy atom. The molecule has 1 rings (SSSR count). The van der Waals surface area contributed by atoms with E-state index in [9.17, 15) is 9.59 Å². The summed E-state index contributed by atoms with van der Waals surface area (Å²) >= 11 is 0. The van der Waals surface area contributed by atoms with Crippen LogP contribution in [-0.2, 0) is 11.2 Å². The first-order chi connectivity index (χ1) is 7.50. The average molecular weight is 219 g/mol. The maximum atomic E-state index is 10.7. The Labute approximate surface area is 93.4 Å². The molecule has 1 aromatic carbocycles. The van der Waals surface area contributed by atoms with Crippen LogP contribution in [0, 0.1) is 0 Å². The van der Waals surface area contributed by atoms with E-state index in [0.717, 1.165) is 5.56 Å². The lowest BCUT2D eigenvalue weighted by molar-refractivity contribution is -0.114. The van der Waals surface area contributed by atoms with Gasteiger partial charge >= 0.3 is 5.97 Å². The zero-order valence-corrected chi connectivity index (χ0v) is 8.93. The van der Waals surface area contributed by atoms with Crippen molar-refractivity contribution in [2.75, 3.05) is 0 Å². The molecule has 16 heavy (non-hydrogen) atoms. The Morgan fingerprint density at radius 1 is 1.31 bits per heavy atom. The number of hydrogen-bond acceptors (Lipinski definition) is 2. The van der Waals surface area contributed by atoms with Gasteiger partial charge in [0.2, 0.25) is 5.91 Å². The molecule has 0 fully saturated rings. The van der Waals surface area contributed by atoms with E-state index >= 15 is 0 Å². The molecule has 1 amide bonds. The van der Waals surface area contributed by atoms with Crippen molar-refractivity contribution >= 4 is 11.9 Å². The van der Waals surface area contributed by atoms with Gasteiger partial charge in [-0.2, -0.15) is 0 Å². The summed E-state index contributed by atoms with van der Waals surface area (Å²) in [7, 11) is 0. The number of carboxylic acids is 1. The predicted octanol–water partition coefficient (Wildman–Crippen LogP) is 1.36. The van der Waals surface area contributed by atoms with E-state index in [1.165, 1.54) is 12.1 Å². The van der Waals surface area contributed by atoms with Crippen LogP contribution < -0.4 is 5.73 Å². The summed E-state index contributed by atoms with van der Waals surface area (Å²) < 4.78 is 0. The Bertz CT molecular complexity index is 432. The van der Waals surface area contributed by atoms with Gasteiger partial charge in [-0.25, -0.2) is 4.79 Å². The summed E-state index contributed by atoms with van der Waals surface area (Å²) in [5.74, 6) is -1.39. The van der Waals surface area contributed by atoms with Crippen molar-refractivity contribution in [1.82, 2.24) is 0 Å². The number of amides is 1. The molecule has 0 saturated carbocycles. The molecule has 4 nitrogen and oxygen atoms in total. The minimum Gasteiger partial charge on any atom is -0.478 e. The third-order valence-corrected chi connectivity index (χ3v) is 2.23. The summed E-state index contributed by atoms with van der Waals surface area (Å²) in [5.41, 5.74) is 6.77. The van der Waals surface area contributed by atoms with Crippen LogP contribution >= 0.6 is 0 Å². The summed E-state index contributed by atoms with van der Waals surface area (Å²) in [6.07, 6.45) is 2.28. The fourth-order valence-electron chi connectivity index (χ4n) is 1.15. The van der Waals surface area contributed by atoms with E-state index in [-0.39, 0.29) is 5.56 Å². The zero-order valence-electron chi connectivity index (χ0n) is 8.93. The van der Waals surface area contributed by atoms with Crippen molar-refractivity contribution in [1.29, 1.82) is 0 Å². The Morgan fingerprint density at radius 2 is 1.88 bits per heavy atom. The number of allylic oxidation sites excluding steroid dienone is 1. The van der Waals surface area contributed by atoms with Crippen LogP contribution in [0.2, 0.25) is 0 Å². The quantitative estimate of drug-likeness (QED) is 0.750. The average Bonchev–Trinajstić information content (AvgIpc) is 2.26. The highest BCUT2D eigenvalue weighted by atomic mass is 16.4. The van der Waals surface area contributed by atoms with Crippen molar-refractivity contribution in [3.05, 3.63) is 47.0 Å². The van der Waals surface area contributed by atoms with Crippen LogP contribution in [0.15, 0.2) is 35.9 Å². The Kier molecular flexibility index (Phi) is 3.83. The van der Waals surface area contributed by atoms with E-state index in [1.54, 1.807) is 25.1 Å². The number of rotatable bonds is 4. The standard InChI is InChI=1S/C12H13NO3/c1-8(11(13)14)2-3-9-4-6-10(7-5-9)12(15)16/h2,4-7H,3H2,1H3,(H2,13,14)(H,15,16). The zero-order chi connectivity index (χ0) is 12.1. The molecule has 3 N–H and O–H groups in total. The van der Waals surface area contributed by atoms with Crippen LogP contribution in [0.1, 0.15) is 22.8 Å². The molecule has 0 aromatic heterocycles. The van der Waals surface area contributed by atoms with Crippen molar-refractivity contribution < 1.29 is 14.7 Å². The van der Waals surface area contributed by atoms with Gasteiger partial charge in [0.05, 0.1) is 5.56 Å². The SMILES string of the molecule is CC(=CCc1ccc(C(=O)O)cc1)C(N)=O. The maximum absolute atomic E-state index is 10.7. The fraction of sp³-hybridized carbons (Fsp3) is 0.167. The van der Waals surface area contributed by atoms with Gasteiger partial charge < -0.3 is 10.8 Å². The molecule has 0 saturated heterocycles. The molecule has 84 valence electrons. The number of hydrogen-bond donors (Lipinski definition) is 2. The summed E-state index contributed by atoms with van der Waals surface area (Å²) in [6.45, 7) is 1.65. The summed E-state index contributed by atoms with van der Waals surface area (Å²) in [4.78, 5) is 21.3. The maximum Gasteiger partial charge on any atom is 0.335 e. The highest BCUT2D eigenvalue weighted by molar-refractivity contribution is 5.91. The van der Waals surface area contributed by atoms with Crippen molar-refractivity contribution in [3.8, 4) is 0 Å². The molecule has 1 aromatic rings. The summed E-state index contributed by atoms with van der Waals surface area (Å²) in [5, 5.41) is 8.69. The van der Waals surface area contributed by atoms with Crippen LogP contribution in [-0.4, -0.2) is 17.0 Å². The summed E-state index contributed by atoms with van der Waals surface area (Å²) in [6, 6.07) is 6.50.